The van der Waals surface area contributed by atoms with Crippen LogP contribution in [-0.2, 0) is 4.79 Å². The highest BCUT2D eigenvalue weighted by atomic mass is 19.1. The number of carbonyl (C=O) groups is 1. The van der Waals surface area contributed by atoms with Gasteiger partial charge in [-0.25, -0.2) is 9.38 Å². The van der Waals surface area contributed by atoms with Crippen LogP contribution in [0.2, 0.25) is 0 Å². The minimum absolute atomic E-state index is 0.0681. The molecular weight excluding hydrogens is 223 g/mol. The fourth-order valence-electron chi connectivity index (χ4n) is 1.03. The molecule has 1 amide bonds. The first-order chi connectivity index (χ1) is 7.99. The Morgan fingerprint density at radius 3 is 2.53 bits per heavy atom. The van der Waals surface area contributed by atoms with Crippen LogP contribution in [0.15, 0.2) is 29.3 Å². The summed E-state index contributed by atoms with van der Waals surface area (Å²) in [7, 11) is 3.47. The van der Waals surface area contributed by atoms with Gasteiger partial charge in [-0.2, -0.15) is 0 Å². The zero-order valence-corrected chi connectivity index (χ0v) is 9.77. The van der Waals surface area contributed by atoms with E-state index in [0.29, 0.717) is 5.69 Å². The minimum Gasteiger partial charge on any atom is -0.370 e. The summed E-state index contributed by atoms with van der Waals surface area (Å²) < 4.78 is 12.6. The molecule has 6 heteroatoms. The Morgan fingerprint density at radius 1 is 1.41 bits per heavy atom. The standard InChI is InChI=1S/C11H15FN4O/c1-16(2)11(13)14-7-10(17)15-9-5-3-8(12)4-6-9/h3-6H,7H2,1-2H3,(H2,13,14)(H,15,17). The Bertz CT molecular complexity index is 414. The van der Waals surface area contributed by atoms with Crippen molar-refractivity contribution < 1.29 is 9.18 Å². The smallest absolute Gasteiger partial charge is 0.246 e. The molecule has 0 aliphatic heterocycles. The van der Waals surface area contributed by atoms with Crippen molar-refractivity contribution >= 4 is 17.6 Å². The van der Waals surface area contributed by atoms with Gasteiger partial charge in [0.15, 0.2) is 5.96 Å². The van der Waals surface area contributed by atoms with E-state index in [1.165, 1.54) is 24.3 Å². The predicted octanol–water partition coefficient (Wildman–Crippen LogP) is 0.641. The highest BCUT2D eigenvalue weighted by Crippen LogP contribution is 2.07. The first-order valence-electron chi connectivity index (χ1n) is 5.01. The van der Waals surface area contributed by atoms with E-state index in [-0.39, 0.29) is 24.2 Å². The summed E-state index contributed by atoms with van der Waals surface area (Å²) in [5.74, 6) is -0.376. The van der Waals surface area contributed by atoms with E-state index in [1.807, 2.05) is 0 Å². The number of aliphatic imine (C=N–C) groups is 1. The average Bonchev–Trinajstić information content (AvgIpc) is 2.29. The molecule has 0 saturated heterocycles. The van der Waals surface area contributed by atoms with Crippen molar-refractivity contribution in [1.29, 1.82) is 0 Å². The van der Waals surface area contributed by atoms with Gasteiger partial charge in [0.25, 0.3) is 0 Å². The van der Waals surface area contributed by atoms with E-state index in [9.17, 15) is 9.18 Å². The first-order valence-corrected chi connectivity index (χ1v) is 5.01. The topological polar surface area (TPSA) is 70.7 Å². The third-order valence-corrected chi connectivity index (χ3v) is 1.97. The Balaban J connectivity index is 2.50. The number of nitrogens with one attached hydrogen (secondary N) is 1. The van der Waals surface area contributed by atoms with Gasteiger partial charge in [0.1, 0.15) is 12.4 Å². The minimum atomic E-state index is -0.349. The molecule has 0 heterocycles. The van der Waals surface area contributed by atoms with E-state index >= 15 is 0 Å². The van der Waals surface area contributed by atoms with E-state index < -0.39 is 0 Å². The molecule has 0 aliphatic carbocycles. The van der Waals surface area contributed by atoms with E-state index in [0.717, 1.165) is 0 Å². The molecule has 92 valence electrons. The Kier molecular flexibility index (Phi) is 4.45. The molecular formula is C11H15FN4O. The molecule has 3 N–H and O–H groups in total. The summed E-state index contributed by atoms with van der Waals surface area (Å²) >= 11 is 0. The molecule has 5 nitrogen and oxygen atoms in total. The second-order valence-corrected chi connectivity index (χ2v) is 3.62. The summed E-state index contributed by atoms with van der Waals surface area (Å²) in [5, 5.41) is 2.58. The molecule has 0 aromatic heterocycles. The van der Waals surface area contributed by atoms with Gasteiger partial charge in [0, 0.05) is 19.8 Å². The largest absolute Gasteiger partial charge is 0.370 e. The monoisotopic (exact) mass is 238 g/mol. The molecule has 17 heavy (non-hydrogen) atoms. The van der Waals surface area contributed by atoms with Crippen LogP contribution in [-0.4, -0.2) is 37.4 Å². The van der Waals surface area contributed by atoms with Gasteiger partial charge in [-0.15, -0.1) is 0 Å². The molecule has 0 fully saturated rings. The highest BCUT2D eigenvalue weighted by Gasteiger charge is 2.02. The maximum atomic E-state index is 12.6. The average molecular weight is 238 g/mol. The lowest BCUT2D eigenvalue weighted by molar-refractivity contribution is -0.114. The number of hydrogen-bond donors (Lipinski definition) is 2. The van der Waals surface area contributed by atoms with Crippen LogP contribution >= 0.6 is 0 Å². The van der Waals surface area contributed by atoms with Crippen LogP contribution < -0.4 is 11.1 Å². The molecule has 0 saturated carbocycles. The van der Waals surface area contributed by atoms with Crippen molar-refractivity contribution in [1.82, 2.24) is 4.90 Å². The summed E-state index contributed by atoms with van der Waals surface area (Å²) in [6.45, 7) is -0.0681. The molecule has 1 aromatic carbocycles. The van der Waals surface area contributed by atoms with E-state index in [2.05, 4.69) is 10.3 Å². The van der Waals surface area contributed by atoms with Gasteiger partial charge in [-0.1, -0.05) is 0 Å². The SMILES string of the molecule is CN(C)C(N)=NCC(=O)Nc1ccc(F)cc1. The molecule has 0 bridgehead atoms. The van der Waals surface area contributed by atoms with Crippen LogP contribution in [0, 0.1) is 5.82 Å². The molecule has 0 unspecified atom stereocenters. The van der Waals surface area contributed by atoms with E-state index in [4.69, 9.17) is 5.73 Å². The van der Waals surface area contributed by atoms with Crippen molar-refractivity contribution in [2.45, 2.75) is 0 Å². The second kappa shape index (κ2) is 5.83. The number of carbonyl (C=O) groups excluding carboxylic acids is 1. The Morgan fingerprint density at radius 2 is 2.00 bits per heavy atom. The van der Waals surface area contributed by atoms with Crippen LogP contribution in [0.3, 0.4) is 0 Å². The maximum absolute atomic E-state index is 12.6. The van der Waals surface area contributed by atoms with Gasteiger partial charge < -0.3 is 16.0 Å². The molecule has 1 rings (SSSR count). The Labute approximate surface area is 99.1 Å². The number of nitrogens with zero attached hydrogens (tertiary/aromatic N) is 2. The molecule has 0 atom stereocenters. The van der Waals surface area contributed by atoms with Crippen LogP contribution in [0.4, 0.5) is 10.1 Å². The van der Waals surface area contributed by atoms with Gasteiger partial charge in [0.05, 0.1) is 0 Å². The number of nitrogens with two attached hydrogens (primary N) is 1. The number of guanidine groups is 1. The highest BCUT2D eigenvalue weighted by molar-refractivity contribution is 5.93. The number of benzene rings is 1. The number of hydrogen-bond acceptors (Lipinski definition) is 2. The normalized spacial score (nSPS) is 11.1. The van der Waals surface area contributed by atoms with Crippen molar-refractivity contribution in [2.24, 2.45) is 10.7 Å². The maximum Gasteiger partial charge on any atom is 0.246 e. The number of halogens is 1. The van der Waals surface area contributed by atoms with Gasteiger partial charge in [-0.3, -0.25) is 4.79 Å². The molecule has 1 aromatic rings. The molecule has 0 radical (unpaired) electrons. The van der Waals surface area contributed by atoms with Crippen LogP contribution in [0.5, 0.6) is 0 Å². The lowest BCUT2D eigenvalue weighted by atomic mass is 10.3. The summed E-state index contributed by atoms with van der Waals surface area (Å²) in [6, 6.07) is 5.50. The van der Waals surface area contributed by atoms with Crippen LogP contribution in [0.1, 0.15) is 0 Å². The van der Waals surface area contributed by atoms with Gasteiger partial charge in [-0.05, 0) is 24.3 Å². The second-order valence-electron chi connectivity index (χ2n) is 3.62. The summed E-state index contributed by atoms with van der Waals surface area (Å²) in [6.07, 6.45) is 0. The van der Waals surface area contributed by atoms with Crippen LogP contribution in [0.25, 0.3) is 0 Å². The Hall–Kier alpha value is -2.11. The third-order valence-electron chi connectivity index (χ3n) is 1.97. The lowest BCUT2D eigenvalue weighted by Crippen LogP contribution is -2.31. The van der Waals surface area contributed by atoms with Crippen molar-refractivity contribution in [3.8, 4) is 0 Å². The zero-order valence-electron chi connectivity index (χ0n) is 9.77. The number of amides is 1. The summed E-state index contributed by atoms with van der Waals surface area (Å²) in [5.41, 5.74) is 6.05. The number of anilines is 1. The zero-order chi connectivity index (χ0) is 12.8. The quantitative estimate of drug-likeness (QED) is 0.599. The van der Waals surface area contributed by atoms with Gasteiger partial charge >= 0.3 is 0 Å². The van der Waals surface area contributed by atoms with E-state index in [1.54, 1.807) is 19.0 Å². The fourth-order valence-corrected chi connectivity index (χ4v) is 1.03. The molecule has 0 aliphatic rings. The van der Waals surface area contributed by atoms with Crippen molar-refractivity contribution in [2.75, 3.05) is 26.0 Å². The first kappa shape index (κ1) is 13.0. The van der Waals surface area contributed by atoms with Crippen molar-refractivity contribution in [3.05, 3.63) is 30.1 Å². The fraction of sp³-hybridized carbons (Fsp3) is 0.273. The molecule has 0 spiro atoms. The summed E-state index contributed by atoms with van der Waals surface area (Å²) in [4.78, 5) is 16.9. The predicted molar refractivity (Wildman–Crippen MR) is 65.2 cm³/mol. The lowest BCUT2D eigenvalue weighted by Gasteiger charge is -2.10. The third kappa shape index (κ3) is 4.50. The van der Waals surface area contributed by atoms with Gasteiger partial charge in [0.2, 0.25) is 5.91 Å². The number of rotatable bonds is 3. The van der Waals surface area contributed by atoms with Crippen molar-refractivity contribution in [3.63, 3.8) is 0 Å².